The molecular weight excluding hydrogens is 194 g/mol. The zero-order valence-electron chi connectivity index (χ0n) is 8.60. The van der Waals surface area contributed by atoms with E-state index in [1.54, 1.807) is 24.3 Å². The molecular formula is C11H15NO3. The Labute approximate surface area is 88.6 Å². The molecule has 0 bridgehead atoms. The Bertz CT molecular complexity index is 321. The Hall–Kier alpha value is -1.55. The fraction of sp³-hybridized carbons (Fsp3) is 0.364. The fourth-order valence-corrected chi connectivity index (χ4v) is 1.36. The molecule has 0 fully saturated rings. The highest BCUT2D eigenvalue weighted by molar-refractivity contribution is 5.73. The normalized spacial score (nSPS) is 12.3. The molecule has 1 atom stereocenters. The van der Waals surface area contributed by atoms with Gasteiger partial charge in [0.25, 0.3) is 0 Å². The molecule has 3 N–H and O–H groups in total. The number of rotatable bonds is 5. The Kier molecular flexibility index (Phi) is 4.12. The molecule has 0 aliphatic rings. The number of carbonyl (C=O) groups is 1. The van der Waals surface area contributed by atoms with Gasteiger partial charge in [-0.25, -0.2) is 0 Å². The molecule has 0 radical (unpaired) electrons. The maximum absolute atomic E-state index is 10.8. The van der Waals surface area contributed by atoms with Crippen LogP contribution in [0.3, 0.4) is 0 Å². The number of aliphatic carboxylic acids is 1. The van der Waals surface area contributed by atoms with Crippen molar-refractivity contribution < 1.29 is 15.0 Å². The summed E-state index contributed by atoms with van der Waals surface area (Å²) in [5.74, 6) is -0.668. The second-order valence-corrected chi connectivity index (χ2v) is 3.32. The van der Waals surface area contributed by atoms with Crippen molar-refractivity contribution in [1.82, 2.24) is 5.32 Å². The fourth-order valence-electron chi connectivity index (χ4n) is 1.36. The second kappa shape index (κ2) is 5.36. The van der Waals surface area contributed by atoms with Crippen LogP contribution >= 0.6 is 0 Å². The van der Waals surface area contributed by atoms with E-state index in [1.165, 1.54) is 0 Å². The van der Waals surface area contributed by atoms with Crippen LogP contribution in [0.25, 0.3) is 0 Å². The summed E-state index contributed by atoms with van der Waals surface area (Å²) < 4.78 is 0. The van der Waals surface area contributed by atoms with Gasteiger partial charge in [0.05, 0.1) is 0 Å². The molecule has 0 amide bonds. The number of aromatic hydroxyl groups is 1. The minimum Gasteiger partial charge on any atom is -0.508 e. The number of nitrogens with one attached hydrogen (secondary N) is 1. The number of benzene rings is 1. The first-order valence-corrected chi connectivity index (χ1v) is 4.87. The molecule has 0 spiro atoms. The highest BCUT2D eigenvalue weighted by Crippen LogP contribution is 2.11. The lowest BCUT2D eigenvalue weighted by molar-refractivity contribution is -0.139. The van der Waals surface area contributed by atoms with Gasteiger partial charge in [-0.15, -0.1) is 0 Å². The summed E-state index contributed by atoms with van der Waals surface area (Å²) in [5.41, 5.74) is 0.890. The van der Waals surface area contributed by atoms with Gasteiger partial charge in [-0.3, -0.25) is 4.79 Å². The van der Waals surface area contributed by atoms with Crippen LogP contribution in [0.2, 0.25) is 0 Å². The van der Waals surface area contributed by atoms with E-state index in [0.717, 1.165) is 5.56 Å². The molecule has 82 valence electrons. The van der Waals surface area contributed by atoms with E-state index < -0.39 is 12.0 Å². The van der Waals surface area contributed by atoms with E-state index in [-0.39, 0.29) is 5.75 Å². The van der Waals surface area contributed by atoms with E-state index in [4.69, 9.17) is 10.2 Å². The summed E-state index contributed by atoms with van der Waals surface area (Å²) in [6.07, 6.45) is 0.420. The van der Waals surface area contributed by atoms with Gasteiger partial charge < -0.3 is 15.5 Å². The molecule has 1 rings (SSSR count). The Morgan fingerprint density at radius 3 is 2.47 bits per heavy atom. The summed E-state index contributed by atoms with van der Waals surface area (Å²) >= 11 is 0. The number of carboxylic acids is 1. The molecule has 4 nitrogen and oxygen atoms in total. The van der Waals surface area contributed by atoms with E-state index in [0.29, 0.717) is 13.0 Å². The molecule has 0 saturated carbocycles. The van der Waals surface area contributed by atoms with Gasteiger partial charge in [0.2, 0.25) is 0 Å². The standard InChI is InChI=1S/C11H15NO3/c1-2-12-10(11(14)15)7-8-3-5-9(13)6-4-8/h3-6,10,12-13H,2,7H2,1H3,(H,14,15). The number of phenolic OH excluding ortho intramolecular Hbond substituents is 1. The predicted molar refractivity (Wildman–Crippen MR) is 56.9 cm³/mol. The topological polar surface area (TPSA) is 69.6 Å². The van der Waals surface area contributed by atoms with Gasteiger partial charge in [-0.1, -0.05) is 19.1 Å². The molecule has 1 aromatic rings. The van der Waals surface area contributed by atoms with Crippen LogP contribution in [0.5, 0.6) is 5.75 Å². The van der Waals surface area contributed by atoms with Crippen molar-refractivity contribution in [2.75, 3.05) is 6.54 Å². The summed E-state index contributed by atoms with van der Waals surface area (Å²) in [6, 6.07) is 5.99. The third-order valence-electron chi connectivity index (χ3n) is 2.12. The van der Waals surface area contributed by atoms with Crippen LogP contribution in [-0.4, -0.2) is 28.8 Å². The van der Waals surface area contributed by atoms with Crippen molar-refractivity contribution in [2.45, 2.75) is 19.4 Å². The number of likely N-dealkylation sites (N-methyl/N-ethyl adjacent to an activating group) is 1. The van der Waals surface area contributed by atoms with Crippen LogP contribution in [-0.2, 0) is 11.2 Å². The summed E-state index contributed by atoms with van der Waals surface area (Å²) in [5, 5.41) is 20.9. The van der Waals surface area contributed by atoms with Gasteiger partial charge in [0, 0.05) is 0 Å². The van der Waals surface area contributed by atoms with Crippen LogP contribution < -0.4 is 5.32 Å². The molecule has 0 saturated heterocycles. The Balaban J connectivity index is 2.65. The Morgan fingerprint density at radius 2 is 2.00 bits per heavy atom. The van der Waals surface area contributed by atoms with E-state index in [1.807, 2.05) is 6.92 Å². The Morgan fingerprint density at radius 1 is 1.40 bits per heavy atom. The van der Waals surface area contributed by atoms with E-state index in [9.17, 15) is 4.79 Å². The van der Waals surface area contributed by atoms with Crippen LogP contribution in [0, 0.1) is 0 Å². The third-order valence-corrected chi connectivity index (χ3v) is 2.12. The lowest BCUT2D eigenvalue weighted by Crippen LogP contribution is -2.38. The highest BCUT2D eigenvalue weighted by Gasteiger charge is 2.15. The maximum Gasteiger partial charge on any atom is 0.321 e. The van der Waals surface area contributed by atoms with Crippen molar-refractivity contribution in [2.24, 2.45) is 0 Å². The molecule has 0 aromatic heterocycles. The third kappa shape index (κ3) is 3.59. The van der Waals surface area contributed by atoms with Gasteiger partial charge in [-0.2, -0.15) is 0 Å². The van der Waals surface area contributed by atoms with Crippen molar-refractivity contribution in [3.8, 4) is 5.75 Å². The molecule has 1 unspecified atom stereocenters. The van der Waals surface area contributed by atoms with Crippen molar-refractivity contribution in [3.63, 3.8) is 0 Å². The molecule has 0 aliphatic heterocycles. The summed E-state index contributed by atoms with van der Waals surface area (Å²) in [7, 11) is 0. The SMILES string of the molecule is CCNC(Cc1ccc(O)cc1)C(=O)O. The number of hydrogen-bond acceptors (Lipinski definition) is 3. The van der Waals surface area contributed by atoms with Gasteiger partial charge in [-0.05, 0) is 30.7 Å². The van der Waals surface area contributed by atoms with Crippen LogP contribution in [0.15, 0.2) is 24.3 Å². The maximum atomic E-state index is 10.8. The smallest absolute Gasteiger partial charge is 0.321 e. The first-order valence-electron chi connectivity index (χ1n) is 4.87. The second-order valence-electron chi connectivity index (χ2n) is 3.32. The van der Waals surface area contributed by atoms with Crippen molar-refractivity contribution >= 4 is 5.97 Å². The van der Waals surface area contributed by atoms with Gasteiger partial charge in [0.15, 0.2) is 0 Å². The quantitative estimate of drug-likeness (QED) is 0.676. The summed E-state index contributed by atoms with van der Waals surface area (Å²) in [4.78, 5) is 10.8. The number of phenols is 1. The average Bonchev–Trinajstić information content (AvgIpc) is 2.20. The minimum absolute atomic E-state index is 0.189. The van der Waals surface area contributed by atoms with Crippen molar-refractivity contribution in [1.29, 1.82) is 0 Å². The average molecular weight is 209 g/mol. The monoisotopic (exact) mass is 209 g/mol. The predicted octanol–water partition coefficient (Wildman–Crippen LogP) is 0.997. The minimum atomic E-state index is -0.857. The molecule has 4 heteroatoms. The number of hydrogen-bond donors (Lipinski definition) is 3. The molecule has 0 aliphatic carbocycles. The number of carboxylic acid groups (broad SMARTS) is 1. The van der Waals surface area contributed by atoms with E-state index >= 15 is 0 Å². The van der Waals surface area contributed by atoms with Crippen LogP contribution in [0.4, 0.5) is 0 Å². The first kappa shape index (κ1) is 11.5. The van der Waals surface area contributed by atoms with E-state index in [2.05, 4.69) is 5.32 Å². The highest BCUT2D eigenvalue weighted by atomic mass is 16.4. The zero-order chi connectivity index (χ0) is 11.3. The van der Waals surface area contributed by atoms with Gasteiger partial charge in [0.1, 0.15) is 11.8 Å². The lowest BCUT2D eigenvalue weighted by Gasteiger charge is -2.12. The van der Waals surface area contributed by atoms with Crippen molar-refractivity contribution in [3.05, 3.63) is 29.8 Å². The largest absolute Gasteiger partial charge is 0.508 e. The lowest BCUT2D eigenvalue weighted by atomic mass is 10.1. The summed E-state index contributed by atoms with van der Waals surface area (Å²) in [6.45, 7) is 2.49. The molecule has 1 aromatic carbocycles. The molecule has 0 heterocycles. The molecule has 15 heavy (non-hydrogen) atoms. The van der Waals surface area contributed by atoms with Crippen LogP contribution in [0.1, 0.15) is 12.5 Å². The zero-order valence-corrected chi connectivity index (χ0v) is 8.60. The van der Waals surface area contributed by atoms with Gasteiger partial charge >= 0.3 is 5.97 Å². The first-order chi connectivity index (χ1) is 7.13.